The van der Waals surface area contributed by atoms with E-state index in [1.807, 2.05) is 0 Å². The highest BCUT2D eigenvalue weighted by Gasteiger charge is 2.34. The van der Waals surface area contributed by atoms with Crippen molar-refractivity contribution in [3.8, 4) is 0 Å². The molecule has 0 spiro atoms. The second-order valence-corrected chi connectivity index (χ2v) is 5.66. The highest BCUT2D eigenvalue weighted by atomic mass is 35.5. The van der Waals surface area contributed by atoms with Gasteiger partial charge < -0.3 is 14.3 Å². The Kier molecular flexibility index (Phi) is 6.44. The lowest BCUT2D eigenvalue weighted by Gasteiger charge is -2.22. The number of alkyl halides is 1. The van der Waals surface area contributed by atoms with Gasteiger partial charge >= 0.3 is 7.60 Å². The Morgan fingerprint density at radius 1 is 1.33 bits per heavy atom. The maximum absolute atomic E-state index is 12.2. The third-order valence-corrected chi connectivity index (χ3v) is 3.97. The van der Waals surface area contributed by atoms with E-state index in [0.717, 1.165) is 0 Å². The third kappa shape index (κ3) is 4.98. The van der Waals surface area contributed by atoms with Crippen molar-refractivity contribution in [2.45, 2.75) is 39.9 Å². The topological polar surface area (TPSA) is 68.1 Å². The summed E-state index contributed by atoms with van der Waals surface area (Å²) in [5.41, 5.74) is -0.174. The zero-order chi connectivity index (χ0) is 12.1. The van der Waals surface area contributed by atoms with E-state index < -0.39 is 7.60 Å². The van der Waals surface area contributed by atoms with Gasteiger partial charge in [0.05, 0.1) is 18.1 Å². The molecular weight excluding hydrogens is 241 g/mol. The van der Waals surface area contributed by atoms with Gasteiger partial charge in [-0.1, -0.05) is 5.16 Å². The third-order valence-electron chi connectivity index (χ3n) is 1.25. The molecule has 0 bridgehead atoms. The van der Waals surface area contributed by atoms with Crippen molar-refractivity contribution >= 4 is 24.6 Å². The molecule has 0 heterocycles. The fourth-order valence-electron chi connectivity index (χ4n) is 0.856. The number of hydrogen-bond donors (Lipinski definition) is 1. The van der Waals surface area contributed by atoms with Gasteiger partial charge in [-0.3, -0.25) is 4.57 Å². The molecule has 5 nitrogen and oxygen atoms in total. The van der Waals surface area contributed by atoms with Gasteiger partial charge in [-0.25, -0.2) is 0 Å². The standard InChI is InChI=1S/C8H17ClNO4P/c1-6(2)13-15(12,14-7(3)4)8(5-9)10-11/h6-7,11H,5H2,1-4H3/b10-8+. The summed E-state index contributed by atoms with van der Waals surface area (Å²) in [4.78, 5) is 0. The predicted octanol–water partition coefficient (Wildman–Crippen LogP) is 3.06. The summed E-state index contributed by atoms with van der Waals surface area (Å²) >= 11 is 5.50. The van der Waals surface area contributed by atoms with Crippen molar-refractivity contribution in [3.63, 3.8) is 0 Å². The minimum absolute atomic E-state index is 0.174. The van der Waals surface area contributed by atoms with Crippen LogP contribution in [0.2, 0.25) is 0 Å². The molecule has 0 aromatic carbocycles. The molecule has 0 unspecified atom stereocenters. The summed E-state index contributed by atoms with van der Waals surface area (Å²) < 4.78 is 22.5. The Labute approximate surface area is 94.9 Å². The predicted molar refractivity (Wildman–Crippen MR) is 60.0 cm³/mol. The smallest absolute Gasteiger partial charge is 0.380 e. The van der Waals surface area contributed by atoms with E-state index in [9.17, 15) is 4.57 Å². The molecule has 1 N–H and O–H groups in total. The van der Waals surface area contributed by atoms with Gasteiger partial charge in [-0.05, 0) is 27.7 Å². The highest BCUT2D eigenvalue weighted by Crippen LogP contribution is 2.52. The van der Waals surface area contributed by atoms with Crippen LogP contribution in [0.4, 0.5) is 0 Å². The van der Waals surface area contributed by atoms with Crippen molar-refractivity contribution in [2.24, 2.45) is 5.16 Å². The molecule has 0 aliphatic heterocycles. The first-order chi connectivity index (χ1) is 6.85. The van der Waals surface area contributed by atoms with Crippen LogP contribution < -0.4 is 0 Å². The first kappa shape index (κ1) is 14.9. The minimum Gasteiger partial charge on any atom is -0.410 e. The largest absolute Gasteiger partial charge is 0.410 e. The van der Waals surface area contributed by atoms with Crippen molar-refractivity contribution in [1.29, 1.82) is 0 Å². The number of rotatable bonds is 6. The molecule has 0 fully saturated rings. The van der Waals surface area contributed by atoms with Crippen molar-refractivity contribution < 1.29 is 18.8 Å². The van der Waals surface area contributed by atoms with Crippen LogP contribution in [0.15, 0.2) is 5.16 Å². The monoisotopic (exact) mass is 257 g/mol. The lowest BCUT2D eigenvalue weighted by molar-refractivity contribution is 0.151. The lowest BCUT2D eigenvalue weighted by atomic mass is 10.5. The summed E-state index contributed by atoms with van der Waals surface area (Å²) in [5, 5.41) is 11.5. The molecule has 0 atom stereocenters. The van der Waals surface area contributed by atoms with Gasteiger partial charge in [0.1, 0.15) is 0 Å². The summed E-state index contributed by atoms with van der Waals surface area (Å²) in [6.45, 7) is 6.83. The van der Waals surface area contributed by atoms with Gasteiger partial charge in [0.15, 0.2) is 5.45 Å². The van der Waals surface area contributed by atoms with Crippen LogP contribution in [0.25, 0.3) is 0 Å². The van der Waals surface area contributed by atoms with Crippen LogP contribution in [0.1, 0.15) is 27.7 Å². The number of hydrogen-bond acceptors (Lipinski definition) is 5. The van der Waals surface area contributed by atoms with E-state index in [-0.39, 0.29) is 23.5 Å². The van der Waals surface area contributed by atoms with Crippen LogP contribution in [-0.2, 0) is 13.6 Å². The summed E-state index contributed by atoms with van der Waals surface area (Å²) in [7, 11) is -3.57. The number of nitrogens with zero attached hydrogens (tertiary/aromatic N) is 1. The molecule has 0 saturated heterocycles. The molecule has 0 aliphatic rings. The molecule has 0 amide bonds. The second kappa shape index (κ2) is 6.48. The lowest BCUT2D eigenvalue weighted by Crippen LogP contribution is -2.15. The van der Waals surface area contributed by atoms with Crippen LogP contribution in [0.3, 0.4) is 0 Å². The normalized spacial score (nSPS) is 13.9. The average Bonchev–Trinajstić information content (AvgIpc) is 2.01. The molecule has 0 aromatic rings. The molecule has 7 heteroatoms. The van der Waals surface area contributed by atoms with E-state index in [0.29, 0.717) is 0 Å². The first-order valence-electron chi connectivity index (χ1n) is 4.60. The molecule has 0 rings (SSSR count). The molecule has 0 aromatic heterocycles. The maximum atomic E-state index is 12.2. The molecular formula is C8H17ClNO4P. The van der Waals surface area contributed by atoms with E-state index in [1.54, 1.807) is 27.7 Å². The average molecular weight is 258 g/mol. The SMILES string of the molecule is CC(C)OP(=O)(OC(C)C)/C(CCl)=N/O. The van der Waals surface area contributed by atoms with Gasteiger partial charge in [-0.2, -0.15) is 0 Å². The number of halogens is 1. The van der Waals surface area contributed by atoms with Crippen molar-refractivity contribution in [1.82, 2.24) is 0 Å². The Bertz CT molecular complexity index is 253. The van der Waals surface area contributed by atoms with Crippen molar-refractivity contribution in [3.05, 3.63) is 0 Å². The van der Waals surface area contributed by atoms with Gasteiger partial charge in [0.25, 0.3) is 0 Å². The Morgan fingerprint density at radius 3 is 1.93 bits per heavy atom. The van der Waals surface area contributed by atoms with E-state index in [2.05, 4.69) is 5.16 Å². The van der Waals surface area contributed by atoms with Crippen molar-refractivity contribution in [2.75, 3.05) is 5.88 Å². The molecule has 0 saturated carbocycles. The quantitative estimate of drug-likeness (QED) is 0.261. The molecule has 0 aliphatic carbocycles. The number of oxime groups is 1. The molecule has 0 radical (unpaired) electrons. The van der Waals surface area contributed by atoms with Gasteiger partial charge in [-0.15, -0.1) is 11.6 Å². The van der Waals surface area contributed by atoms with Crippen LogP contribution in [-0.4, -0.2) is 28.7 Å². The summed E-state index contributed by atoms with van der Waals surface area (Å²) in [5.74, 6) is -0.201. The van der Waals surface area contributed by atoms with Crippen LogP contribution in [0, 0.1) is 0 Å². The molecule has 90 valence electrons. The summed E-state index contributed by atoms with van der Waals surface area (Å²) in [6.07, 6.45) is -0.621. The zero-order valence-corrected chi connectivity index (χ0v) is 11.0. The Balaban J connectivity index is 4.93. The maximum Gasteiger partial charge on any atom is 0.380 e. The van der Waals surface area contributed by atoms with E-state index in [4.69, 9.17) is 25.9 Å². The van der Waals surface area contributed by atoms with Crippen LogP contribution >= 0.6 is 19.2 Å². The fraction of sp³-hybridized carbons (Fsp3) is 0.875. The zero-order valence-electron chi connectivity index (χ0n) is 9.31. The van der Waals surface area contributed by atoms with Gasteiger partial charge in [0, 0.05) is 0 Å². The van der Waals surface area contributed by atoms with E-state index >= 15 is 0 Å². The van der Waals surface area contributed by atoms with E-state index in [1.165, 1.54) is 0 Å². The minimum atomic E-state index is -3.57. The summed E-state index contributed by atoms with van der Waals surface area (Å²) in [6, 6.07) is 0. The van der Waals surface area contributed by atoms with Gasteiger partial charge in [0.2, 0.25) is 0 Å². The van der Waals surface area contributed by atoms with Crippen LogP contribution in [0.5, 0.6) is 0 Å². The Morgan fingerprint density at radius 2 is 1.73 bits per heavy atom. The first-order valence-corrected chi connectivity index (χ1v) is 6.67. The second-order valence-electron chi connectivity index (χ2n) is 3.46. The Hall–Kier alpha value is -0.0900. The highest BCUT2D eigenvalue weighted by molar-refractivity contribution is 7.72. The molecule has 15 heavy (non-hydrogen) atoms. The fourth-order valence-corrected chi connectivity index (χ4v) is 3.01.